The largest absolute Gasteiger partial charge is 0.374 e. The fourth-order valence-corrected chi connectivity index (χ4v) is 6.94. The van der Waals surface area contributed by atoms with Crippen LogP contribution in [-0.2, 0) is 11.2 Å². The van der Waals surface area contributed by atoms with Crippen molar-refractivity contribution in [2.24, 2.45) is 11.8 Å². The van der Waals surface area contributed by atoms with Crippen molar-refractivity contribution in [3.63, 3.8) is 0 Å². The summed E-state index contributed by atoms with van der Waals surface area (Å²) in [6.45, 7) is 6.56. The molecule has 0 radical (unpaired) electrons. The third kappa shape index (κ3) is 7.99. The minimum Gasteiger partial charge on any atom is -0.374 e. The molecule has 0 N–H and O–H groups in total. The average molecular weight is 541 g/mol. The van der Waals surface area contributed by atoms with Gasteiger partial charge in [-0.2, -0.15) is 0 Å². The van der Waals surface area contributed by atoms with Crippen molar-refractivity contribution in [3.05, 3.63) is 71.6 Å². The van der Waals surface area contributed by atoms with Crippen LogP contribution in [0.1, 0.15) is 114 Å². The van der Waals surface area contributed by atoms with Crippen LogP contribution < -0.4 is 0 Å². The summed E-state index contributed by atoms with van der Waals surface area (Å²) in [5, 5.41) is 0. The lowest BCUT2D eigenvalue weighted by molar-refractivity contribution is 0.0224. The van der Waals surface area contributed by atoms with Gasteiger partial charge in [0.2, 0.25) is 0 Å². The quantitative estimate of drug-likeness (QED) is 0.181. The highest BCUT2D eigenvalue weighted by Crippen LogP contribution is 2.44. The van der Waals surface area contributed by atoms with E-state index in [-0.39, 0.29) is 11.1 Å². The van der Waals surface area contributed by atoms with Gasteiger partial charge in [0, 0.05) is 11.1 Å². The van der Waals surface area contributed by atoms with E-state index >= 15 is 8.78 Å². The number of aryl methyl sites for hydroxylation is 1. The van der Waals surface area contributed by atoms with Crippen LogP contribution in [-0.4, -0.2) is 12.7 Å². The molecule has 0 amide bonds. The van der Waals surface area contributed by atoms with Gasteiger partial charge in [-0.1, -0.05) is 69.4 Å². The van der Waals surface area contributed by atoms with Crippen LogP contribution >= 0.6 is 0 Å². The normalized spacial score (nSPS) is 23.6. The number of halogens is 3. The standard InChI is InChI=1S/C35H47F3O/c1-3-5-6-7-8-9-10-28-17-22-32(35(38)34(28)37)31-21-18-29(24-33(31)36)27-13-11-25(12-14-27)26-15-19-30(20-16-26)39-23-4-2/h4,17-18,21-22,24-27,30H,2-3,5-16,19-20,23H2,1H3. The fraction of sp³-hybridized carbons (Fsp3) is 0.600. The molecule has 0 saturated heterocycles. The zero-order valence-electron chi connectivity index (χ0n) is 23.8. The van der Waals surface area contributed by atoms with E-state index in [0.717, 1.165) is 62.3 Å². The maximum atomic E-state index is 15.2. The second-order valence-electron chi connectivity index (χ2n) is 11.9. The molecule has 0 aromatic heterocycles. The van der Waals surface area contributed by atoms with E-state index in [1.807, 2.05) is 12.1 Å². The molecule has 2 aliphatic rings. The van der Waals surface area contributed by atoms with E-state index in [9.17, 15) is 4.39 Å². The maximum Gasteiger partial charge on any atom is 0.167 e. The molecule has 2 fully saturated rings. The molecule has 0 bridgehead atoms. The van der Waals surface area contributed by atoms with Crippen LogP contribution in [0.15, 0.2) is 43.0 Å². The van der Waals surface area contributed by atoms with Gasteiger partial charge in [0.05, 0.1) is 12.7 Å². The van der Waals surface area contributed by atoms with E-state index in [2.05, 4.69) is 13.5 Å². The van der Waals surface area contributed by atoms with Gasteiger partial charge in [-0.3, -0.25) is 0 Å². The van der Waals surface area contributed by atoms with Gasteiger partial charge >= 0.3 is 0 Å². The molecule has 2 aromatic carbocycles. The summed E-state index contributed by atoms with van der Waals surface area (Å²) in [4.78, 5) is 0. The molecular weight excluding hydrogens is 493 g/mol. The van der Waals surface area contributed by atoms with Crippen LogP contribution in [0.25, 0.3) is 11.1 Å². The number of benzene rings is 2. The van der Waals surface area contributed by atoms with Gasteiger partial charge in [-0.25, -0.2) is 13.2 Å². The monoisotopic (exact) mass is 540 g/mol. The van der Waals surface area contributed by atoms with Crippen LogP contribution in [0.4, 0.5) is 13.2 Å². The van der Waals surface area contributed by atoms with Gasteiger partial charge < -0.3 is 4.74 Å². The van der Waals surface area contributed by atoms with Crippen LogP contribution in [0.3, 0.4) is 0 Å². The van der Waals surface area contributed by atoms with Crippen molar-refractivity contribution in [3.8, 4) is 11.1 Å². The molecule has 2 saturated carbocycles. The highest BCUT2D eigenvalue weighted by atomic mass is 19.2. The van der Waals surface area contributed by atoms with E-state index < -0.39 is 17.5 Å². The summed E-state index contributed by atoms with van der Waals surface area (Å²) in [6, 6.07) is 8.31. The van der Waals surface area contributed by atoms with Crippen molar-refractivity contribution < 1.29 is 17.9 Å². The molecule has 0 aliphatic heterocycles. The van der Waals surface area contributed by atoms with E-state index in [0.29, 0.717) is 30.6 Å². The molecule has 0 heterocycles. The lowest BCUT2D eigenvalue weighted by atomic mass is 9.69. The fourth-order valence-electron chi connectivity index (χ4n) is 6.94. The zero-order chi connectivity index (χ0) is 27.6. The summed E-state index contributed by atoms with van der Waals surface area (Å²) >= 11 is 0. The Balaban J connectivity index is 1.31. The summed E-state index contributed by atoms with van der Waals surface area (Å²) in [5.41, 5.74) is 1.53. The lowest BCUT2D eigenvalue weighted by Gasteiger charge is -2.38. The number of unbranched alkanes of at least 4 members (excludes halogenated alkanes) is 5. The second-order valence-corrected chi connectivity index (χ2v) is 11.9. The minimum atomic E-state index is -0.935. The molecule has 2 aliphatic carbocycles. The number of hydrogen-bond donors (Lipinski definition) is 0. The molecule has 2 aromatic rings. The zero-order valence-corrected chi connectivity index (χ0v) is 23.8. The molecule has 214 valence electrons. The topological polar surface area (TPSA) is 9.23 Å². The highest BCUT2D eigenvalue weighted by molar-refractivity contribution is 5.66. The Bertz CT molecular complexity index is 1050. The van der Waals surface area contributed by atoms with Crippen molar-refractivity contribution in [1.82, 2.24) is 0 Å². The Kier molecular flexibility index (Phi) is 11.6. The first-order chi connectivity index (χ1) is 19.0. The van der Waals surface area contributed by atoms with Gasteiger partial charge in [-0.05, 0) is 99.2 Å². The van der Waals surface area contributed by atoms with Crippen molar-refractivity contribution in [2.45, 2.75) is 115 Å². The Morgan fingerprint density at radius 2 is 1.41 bits per heavy atom. The summed E-state index contributed by atoms with van der Waals surface area (Å²) in [5.74, 6) is -0.375. The molecule has 4 rings (SSSR count). The first-order valence-electron chi connectivity index (χ1n) is 15.5. The number of rotatable bonds is 13. The predicted octanol–water partition coefficient (Wildman–Crippen LogP) is 10.7. The number of ether oxygens (including phenoxy) is 1. The van der Waals surface area contributed by atoms with Crippen molar-refractivity contribution in [2.75, 3.05) is 6.61 Å². The number of hydrogen-bond acceptors (Lipinski definition) is 1. The maximum absolute atomic E-state index is 15.2. The minimum absolute atomic E-state index is 0.0135. The Morgan fingerprint density at radius 1 is 0.769 bits per heavy atom. The Morgan fingerprint density at radius 3 is 2.08 bits per heavy atom. The Labute approximate surface area is 234 Å². The van der Waals surface area contributed by atoms with Crippen molar-refractivity contribution >= 4 is 0 Å². The molecule has 39 heavy (non-hydrogen) atoms. The third-order valence-corrected chi connectivity index (χ3v) is 9.32. The molecule has 4 heteroatoms. The van der Waals surface area contributed by atoms with Gasteiger partial charge in [0.1, 0.15) is 5.82 Å². The molecule has 0 atom stereocenters. The van der Waals surface area contributed by atoms with Gasteiger partial charge in [-0.15, -0.1) is 6.58 Å². The smallest absolute Gasteiger partial charge is 0.167 e. The molecule has 1 nitrogen and oxygen atoms in total. The van der Waals surface area contributed by atoms with Crippen molar-refractivity contribution in [1.29, 1.82) is 0 Å². The third-order valence-electron chi connectivity index (χ3n) is 9.32. The van der Waals surface area contributed by atoms with Crippen LogP contribution in [0, 0.1) is 29.3 Å². The summed E-state index contributed by atoms with van der Waals surface area (Å²) in [7, 11) is 0. The second kappa shape index (κ2) is 15.1. The highest BCUT2D eigenvalue weighted by Gasteiger charge is 2.31. The molecule has 0 unspecified atom stereocenters. The summed E-state index contributed by atoms with van der Waals surface area (Å²) < 4.78 is 50.9. The Hall–Kier alpha value is -2.07. The van der Waals surface area contributed by atoms with Gasteiger partial charge in [0.15, 0.2) is 11.6 Å². The van der Waals surface area contributed by atoms with Gasteiger partial charge in [0.25, 0.3) is 0 Å². The lowest BCUT2D eigenvalue weighted by Crippen LogP contribution is -2.28. The SMILES string of the molecule is C=CCOC1CCC(C2CCC(c3ccc(-c4ccc(CCCCCCCC)c(F)c4F)c(F)c3)CC2)CC1. The predicted molar refractivity (Wildman–Crippen MR) is 155 cm³/mol. The van der Waals surface area contributed by atoms with E-state index in [4.69, 9.17) is 4.74 Å². The van der Waals surface area contributed by atoms with Crippen LogP contribution in [0.5, 0.6) is 0 Å². The summed E-state index contributed by atoms with van der Waals surface area (Å²) in [6.07, 6.45) is 18.5. The molecular formula is C35H47F3O. The first-order valence-corrected chi connectivity index (χ1v) is 15.5. The van der Waals surface area contributed by atoms with E-state index in [1.165, 1.54) is 44.9 Å². The average Bonchev–Trinajstić information content (AvgIpc) is 2.96. The van der Waals surface area contributed by atoms with Crippen LogP contribution in [0.2, 0.25) is 0 Å². The van der Waals surface area contributed by atoms with E-state index in [1.54, 1.807) is 24.3 Å². The molecule has 0 spiro atoms. The first kappa shape index (κ1) is 29.9.